The van der Waals surface area contributed by atoms with Gasteiger partial charge in [-0.15, -0.1) is 0 Å². The van der Waals surface area contributed by atoms with E-state index in [-0.39, 0.29) is 11.4 Å². The van der Waals surface area contributed by atoms with Crippen LogP contribution >= 0.6 is 0 Å². The van der Waals surface area contributed by atoms with Crippen molar-refractivity contribution >= 4 is 17.8 Å². The maximum Gasteiger partial charge on any atom is 0.290 e. The molecule has 1 atom stereocenters. The molecule has 0 saturated heterocycles. The number of aliphatic hydroxyl groups is 1. The molecule has 4 rings (SSSR count). The molecule has 0 radical (unpaired) electrons. The zero-order chi connectivity index (χ0) is 21.6. The highest BCUT2D eigenvalue weighted by Crippen LogP contribution is 2.38. The topological polar surface area (TPSA) is 57.6 Å². The fourth-order valence-electron chi connectivity index (χ4n) is 3.84. The van der Waals surface area contributed by atoms with Gasteiger partial charge in [-0.05, 0) is 29.2 Å². The molecule has 0 aliphatic carbocycles. The van der Waals surface area contributed by atoms with Crippen molar-refractivity contribution in [3.8, 4) is 0 Å². The molecular formula is C27H23NO3. The van der Waals surface area contributed by atoms with E-state index >= 15 is 0 Å². The van der Waals surface area contributed by atoms with Gasteiger partial charge in [0.25, 0.3) is 5.91 Å². The van der Waals surface area contributed by atoms with E-state index in [4.69, 9.17) is 0 Å². The quantitative estimate of drug-likeness (QED) is 0.564. The smallest absolute Gasteiger partial charge is 0.290 e. The van der Waals surface area contributed by atoms with Gasteiger partial charge in [0.05, 0.1) is 11.6 Å². The predicted molar refractivity (Wildman–Crippen MR) is 121 cm³/mol. The number of rotatable bonds is 7. The molecule has 1 amide bonds. The monoisotopic (exact) mass is 409 g/mol. The predicted octanol–water partition coefficient (Wildman–Crippen LogP) is 4.91. The highest BCUT2D eigenvalue weighted by molar-refractivity contribution is 6.14. The van der Waals surface area contributed by atoms with Crippen molar-refractivity contribution in [2.75, 3.05) is 6.54 Å². The lowest BCUT2D eigenvalue weighted by atomic mass is 9.95. The summed E-state index contributed by atoms with van der Waals surface area (Å²) < 4.78 is 0. The second-order valence-electron chi connectivity index (χ2n) is 7.42. The van der Waals surface area contributed by atoms with Crippen LogP contribution in [0.25, 0.3) is 6.08 Å². The highest BCUT2D eigenvalue weighted by atomic mass is 16.3. The van der Waals surface area contributed by atoms with E-state index < -0.39 is 17.7 Å². The van der Waals surface area contributed by atoms with Crippen molar-refractivity contribution in [3.05, 3.63) is 125 Å². The Hall–Kier alpha value is -3.92. The van der Waals surface area contributed by atoms with E-state index in [0.29, 0.717) is 13.0 Å². The van der Waals surface area contributed by atoms with Crippen LogP contribution in [-0.4, -0.2) is 28.2 Å². The average molecular weight is 409 g/mol. The highest BCUT2D eigenvalue weighted by Gasteiger charge is 2.42. The Kier molecular flexibility index (Phi) is 6.08. The molecule has 1 N–H and O–H groups in total. The Labute approximate surface area is 181 Å². The van der Waals surface area contributed by atoms with Crippen molar-refractivity contribution < 1.29 is 14.7 Å². The Balaban J connectivity index is 1.64. The summed E-state index contributed by atoms with van der Waals surface area (Å²) in [6.07, 6.45) is 3.75. The van der Waals surface area contributed by atoms with E-state index in [1.54, 1.807) is 11.0 Å². The van der Waals surface area contributed by atoms with Crippen molar-refractivity contribution in [1.82, 2.24) is 4.90 Å². The second kappa shape index (κ2) is 9.26. The summed E-state index contributed by atoms with van der Waals surface area (Å²) in [5.74, 6) is -1.35. The largest absolute Gasteiger partial charge is 0.503 e. The van der Waals surface area contributed by atoms with E-state index in [2.05, 4.69) is 0 Å². The number of ketones is 1. The first kappa shape index (κ1) is 20.4. The first-order chi connectivity index (χ1) is 15.1. The molecule has 3 aromatic rings. The van der Waals surface area contributed by atoms with Gasteiger partial charge in [0.1, 0.15) is 0 Å². The summed E-state index contributed by atoms with van der Waals surface area (Å²) in [6.45, 7) is 0.394. The van der Waals surface area contributed by atoms with Crippen LogP contribution in [0.5, 0.6) is 0 Å². The summed E-state index contributed by atoms with van der Waals surface area (Å²) in [4.78, 5) is 27.6. The van der Waals surface area contributed by atoms with E-state index in [0.717, 1.165) is 16.7 Å². The van der Waals surface area contributed by atoms with Crippen LogP contribution in [0, 0.1) is 0 Å². The van der Waals surface area contributed by atoms with E-state index in [1.807, 2.05) is 91.0 Å². The number of hydrogen-bond donors (Lipinski definition) is 1. The Morgan fingerprint density at radius 1 is 0.871 bits per heavy atom. The Bertz CT molecular complexity index is 1120. The van der Waals surface area contributed by atoms with Crippen LogP contribution in [0.1, 0.15) is 22.7 Å². The summed E-state index contributed by atoms with van der Waals surface area (Å²) in [6, 6.07) is 28.1. The van der Waals surface area contributed by atoms with Gasteiger partial charge in [0, 0.05) is 6.54 Å². The zero-order valence-electron chi connectivity index (χ0n) is 17.0. The normalized spacial score (nSPS) is 16.3. The molecule has 0 fully saturated rings. The van der Waals surface area contributed by atoms with Crippen molar-refractivity contribution in [2.45, 2.75) is 12.5 Å². The molecule has 0 aromatic heterocycles. The molecule has 1 aliphatic heterocycles. The third-order valence-electron chi connectivity index (χ3n) is 5.40. The number of allylic oxidation sites excluding steroid dienone is 1. The molecule has 4 heteroatoms. The number of amides is 1. The Morgan fingerprint density at radius 2 is 1.45 bits per heavy atom. The minimum absolute atomic E-state index is 0.122. The lowest BCUT2D eigenvalue weighted by Crippen LogP contribution is -2.33. The van der Waals surface area contributed by atoms with Crippen molar-refractivity contribution in [2.24, 2.45) is 0 Å². The molecule has 154 valence electrons. The number of carbonyl (C=O) groups excluding carboxylic acids is 2. The van der Waals surface area contributed by atoms with Crippen LogP contribution < -0.4 is 0 Å². The SMILES string of the molecule is O=C(/C=C/c1ccccc1)C1=C(O)C(=O)N(CCc2ccccc2)C1c1ccccc1. The number of hydrogen-bond acceptors (Lipinski definition) is 3. The summed E-state index contributed by atoms with van der Waals surface area (Å²) in [7, 11) is 0. The molecule has 0 saturated carbocycles. The van der Waals surface area contributed by atoms with E-state index in [9.17, 15) is 14.7 Å². The number of carbonyl (C=O) groups is 2. The minimum atomic E-state index is -0.620. The molecule has 0 spiro atoms. The van der Waals surface area contributed by atoms with Crippen LogP contribution in [0.4, 0.5) is 0 Å². The van der Waals surface area contributed by atoms with Gasteiger partial charge in [-0.25, -0.2) is 0 Å². The number of nitrogens with zero attached hydrogens (tertiary/aromatic N) is 1. The van der Waals surface area contributed by atoms with Gasteiger partial charge < -0.3 is 10.0 Å². The van der Waals surface area contributed by atoms with Gasteiger partial charge in [-0.3, -0.25) is 9.59 Å². The van der Waals surface area contributed by atoms with Crippen LogP contribution in [0.2, 0.25) is 0 Å². The Morgan fingerprint density at radius 3 is 2.10 bits per heavy atom. The standard InChI is InChI=1S/C27H23NO3/c29-23(17-16-20-10-4-1-5-11-20)24-25(22-14-8-3-9-15-22)28(27(31)26(24)30)19-18-21-12-6-2-7-13-21/h1-17,25,30H,18-19H2/b17-16+. The lowest BCUT2D eigenvalue weighted by Gasteiger charge is -2.26. The maximum atomic E-state index is 13.1. The maximum absolute atomic E-state index is 13.1. The first-order valence-electron chi connectivity index (χ1n) is 10.3. The van der Waals surface area contributed by atoms with Crippen LogP contribution in [-0.2, 0) is 16.0 Å². The van der Waals surface area contributed by atoms with E-state index in [1.165, 1.54) is 6.08 Å². The molecule has 3 aromatic carbocycles. The first-order valence-corrected chi connectivity index (χ1v) is 10.3. The number of aliphatic hydroxyl groups excluding tert-OH is 1. The molecule has 31 heavy (non-hydrogen) atoms. The fraction of sp³-hybridized carbons (Fsp3) is 0.111. The van der Waals surface area contributed by atoms with Gasteiger partial charge in [-0.1, -0.05) is 97.1 Å². The van der Waals surface area contributed by atoms with Crippen LogP contribution in [0.3, 0.4) is 0 Å². The van der Waals surface area contributed by atoms with Gasteiger partial charge in [0.15, 0.2) is 11.5 Å². The average Bonchev–Trinajstić information content (AvgIpc) is 3.08. The summed E-state index contributed by atoms with van der Waals surface area (Å²) >= 11 is 0. The lowest BCUT2D eigenvalue weighted by molar-refractivity contribution is -0.129. The molecule has 1 heterocycles. The van der Waals surface area contributed by atoms with Crippen LogP contribution in [0.15, 0.2) is 108 Å². The third-order valence-corrected chi connectivity index (χ3v) is 5.40. The number of benzene rings is 3. The molecule has 1 aliphatic rings. The summed E-state index contributed by atoms with van der Waals surface area (Å²) in [5, 5.41) is 10.7. The van der Waals surface area contributed by atoms with Gasteiger partial charge in [0.2, 0.25) is 0 Å². The molecule has 1 unspecified atom stereocenters. The van der Waals surface area contributed by atoms with Gasteiger partial charge in [-0.2, -0.15) is 0 Å². The third kappa shape index (κ3) is 4.48. The molecular weight excluding hydrogens is 386 g/mol. The molecule has 4 nitrogen and oxygen atoms in total. The second-order valence-corrected chi connectivity index (χ2v) is 7.42. The summed E-state index contributed by atoms with van der Waals surface area (Å²) in [5.41, 5.74) is 2.88. The van der Waals surface area contributed by atoms with Crippen molar-refractivity contribution in [1.29, 1.82) is 0 Å². The van der Waals surface area contributed by atoms with Gasteiger partial charge >= 0.3 is 0 Å². The zero-order valence-corrected chi connectivity index (χ0v) is 17.0. The molecule has 0 bridgehead atoms. The van der Waals surface area contributed by atoms with Crippen molar-refractivity contribution in [3.63, 3.8) is 0 Å². The minimum Gasteiger partial charge on any atom is -0.503 e. The fourth-order valence-corrected chi connectivity index (χ4v) is 3.84.